The van der Waals surface area contributed by atoms with Crippen molar-refractivity contribution in [2.75, 3.05) is 45.8 Å². The lowest BCUT2D eigenvalue weighted by Gasteiger charge is -2.21. The number of hydrogen-bond donors (Lipinski definition) is 2. The first-order chi connectivity index (χ1) is 20.9. The highest BCUT2D eigenvalue weighted by Crippen LogP contribution is 2.31. The highest BCUT2D eigenvalue weighted by molar-refractivity contribution is 5.90. The summed E-state index contributed by atoms with van der Waals surface area (Å²) in [6.45, 7) is 4.34. The molecule has 0 saturated carbocycles. The van der Waals surface area contributed by atoms with Gasteiger partial charge in [-0.05, 0) is 54.4 Å². The smallest absolute Gasteiger partial charge is 0.320 e. The van der Waals surface area contributed by atoms with Crippen LogP contribution in [0, 0.1) is 18.6 Å². The molecular formula is C32H35F2N5O4. The molecule has 43 heavy (non-hydrogen) atoms. The number of rotatable bonds is 11. The molecule has 1 aromatic heterocycles. The monoisotopic (exact) mass is 591 g/mol. The molecule has 9 nitrogen and oxygen atoms in total. The van der Waals surface area contributed by atoms with Gasteiger partial charge in [0.15, 0.2) is 11.6 Å². The number of benzene rings is 3. The highest BCUT2D eigenvalue weighted by atomic mass is 19.2. The molecule has 2 atom stereocenters. The first-order valence-electron chi connectivity index (χ1n) is 14.0. The third-order valence-corrected chi connectivity index (χ3v) is 7.54. The number of ether oxygens (including phenoxy) is 3. The van der Waals surface area contributed by atoms with Crippen LogP contribution in [-0.2, 0) is 11.3 Å². The summed E-state index contributed by atoms with van der Waals surface area (Å²) < 4.78 is 46.0. The average molecular weight is 592 g/mol. The first-order valence-corrected chi connectivity index (χ1v) is 14.0. The van der Waals surface area contributed by atoms with Gasteiger partial charge in [0.1, 0.15) is 18.2 Å². The van der Waals surface area contributed by atoms with Crippen molar-refractivity contribution in [2.45, 2.75) is 25.5 Å². The maximum absolute atomic E-state index is 14.1. The van der Waals surface area contributed by atoms with Crippen molar-refractivity contribution in [3.63, 3.8) is 0 Å². The second kappa shape index (κ2) is 13.7. The predicted octanol–water partition coefficient (Wildman–Crippen LogP) is 5.28. The molecule has 3 aromatic carbocycles. The number of likely N-dealkylation sites (tertiary alicyclic amines) is 1. The zero-order valence-electron chi connectivity index (χ0n) is 24.3. The molecule has 226 valence electrons. The summed E-state index contributed by atoms with van der Waals surface area (Å²) in [6, 6.07) is 20.0. The van der Waals surface area contributed by atoms with E-state index in [-0.39, 0.29) is 18.6 Å². The number of nitrogens with one attached hydrogen (secondary N) is 2. The number of halogens is 2. The SMILES string of the molecule is COCCN1CC(NC(=O)Nc2c(C)c(OCc3ccc(OC)cc3)nn2-c2ccccc2)C(c2ccc(F)c(F)c2)C1. The van der Waals surface area contributed by atoms with Gasteiger partial charge in [-0.2, -0.15) is 0 Å². The Kier molecular flexibility index (Phi) is 9.53. The molecule has 5 rings (SSSR count). The summed E-state index contributed by atoms with van der Waals surface area (Å²) in [6.07, 6.45) is 0. The molecule has 0 spiro atoms. The topological polar surface area (TPSA) is 89.9 Å². The molecule has 1 aliphatic rings. The summed E-state index contributed by atoms with van der Waals surface area (Å²) >= 11 is 0. The quantitative estimate of drug-likeness (QED) is 0.247. The fourth-order valence-corrected chi connectivity index (χ4v) is 5.22. The predicted molar refractivity (Wildman–Crippen MR) is 159 cm³/mol. The summed E-state index contributed by atoms with van der Waals surface area (Å²) in [7, 11) is 3.24. The third-order valence-electron chi connectivity index (χ3n) is 7.54. The second-order valence-electron chi connectivity index (χ2n) is 10.4. The Morgan fingerprint density at radius 3 is 2.47 bits per heavy atom. The fraction of sp³-hybridized carbons (Fsp3) is 0.312. The van der Waals surface area contributed by atoms with Crippen molar-refractivity contribution >= 4 is 11.8 Å². The lowest BCUT2D eigenvalue weighted by atomic mass is 9.94. The van der Waals surface area contributed by atoms with Gasteiger partial charge in [0.05, 0.1) is 31.0 Å². The Balaban J connectivity index is 1.36. The van der Waals surface area contributed by atoms with Crippen molar-refractivity contribution < 1.29 is 27.8 Å². The maximum Gasteiger partial charge on any atom is 0.320 e. The molecule has 11 heteroatoms. The molecular weight excluding hydrogens is 556 g/mol. The van der Waals surface area contributed by atoms with Gasteiger partial charge in [0.25, 0.3) is 0 Å². The minimum Gasteiger partial charge on any atom is -0.497 e. The summed E-state index contributed by atoms with van der Waals surface area (Å²) in [5.41, 5.74) is 2.94. The van der Waals surface area contributed by atoms with Gasteiger partial charge in [-0.15, -0.1) is 5.10 Å². The number of hydrogen-bond acceptors (Lipinski definition) is 6. The number of urea groups is 1. The molecule has 2 unspecified atom stereocenters. The van der Waals surface area contributed by atoms with E-state index < -0.39 is 17.7 Å². The van der Waals surface area contributed by atoms with Crippen molar-refractivity contribution in [1.82, 2.24) is 20.0 Å². The van der Waals surface area contributed by atoms with Crippen LogP contribution >= 0.6 is 0 Å². The number of amides is 2. The standard InChI is InChI=1S/C32H35F2N5O4/c1-21-30(39(24-7-5-4-6-8-24)37-31(21)43-20-22-9-12-25(42-3)13-10-22)36-32(40)35-29-19-38(15-16-41-2)18-26(29)23-11-14-27(33)28(34)17-23/h4-14,17,26,29H,15-16,18-20H2,1-3H3,(H2,35,36,40). The number of para-hydroxylation sites is 1. The van der Waals surface area contributed by atoms with E-state index in [1.165, 1.54) is 6.07 Å². The van der Waals surface area contributed by atoms with E-state index in [9.17, 15) is 13.6 Å². The van der Waals surface area contributed by atoms with Crippen LogP contribution in [0.15, 0.2) is 72.8 Å². The van der Waals surface area contributed by atoms with Crippen LogP contribution in [0.5, 0.6) is 11.6 Å². The summed E-state index contributed by atoms with van der Waals surface area (Å²) in [4.78, 5) is 15.6. The van der Waals surface area contributed by atoms with E-state index in [4.69, 9.17) is 14.2 Å². The largest absolute Gasteiger partial charge is 0.497 e. The Morgan fingerprint density at radius 1 is 1.00 bits per heavy atom. The zero-order valence-corrected chi connectivity index (χ0v) is 24.3. The van der Waals surface area contributed by atoms with Crippen molar-refractivity contribution in [3.05, 3.63) is 101 Å². The van der Waals surface area contributed by atoms with Gasteiger partial charge in [0.2, 0.25) is 5.88 Å². The molecule has 0 bridgehead atoms. The third kappa shape index (κ3) is 7.12. The van der Waals surface area contributed by atoms with Crippen LogP contribution in [0.25, 0.3) is 5.69 Å². The van der Waals surface area contributed by atoms with Crippen molar-refractivity contribution in [2.24, 2.45) is 0 Å². The second-order valence-corrected chi connectivity index (χ2v) is 10.4. The number of carbonyl (C=O) groups excluding carboxylic acids is 1. The number of anilines is 1. The highest BCUT2D eigenvalue weighted by Gasteiger charge is 2.35. The molecule has 4 aromatic rings. The zero-order chi connectivity index (χ0) is 30.3. The molecule has 2 heterocycles. The minimum absolute atomic E-state index is 0.249. The molecule has 2 amide bonds. The van der Waals surface area contributed by atoms with Crippen LogP contribution in [-0.4, -0.2) is 67.2 Å². The van der Waals surface area contributed by atoms with Crippen LogP contribution in [0.4, 0.5) is 19.4 Å². The Bertz CT molecular complexity index is 1530. The van der Waals surface area contributed by atoms with Crippen LogP contribution in [0.3, 0.4) is 0 Å². The lowest BCUT2D eigenvalue weighted by Crippen LogP contribution is -2.42. The molecule has 1 aliphatic heterocycles. The van der Waals surface area contributed by atoms with E-state index in [2.05, 4.69) is 20.6 Å². The lowest BCUT2D eigenvalue weighted by molar-refractivity contribution is 0.159. The summed E-state index contributed by atoms with van der Waals surface area (Å²) in [5, 5.41) is 10.7. The molecule has 2 N–H and O–H groups in total. The van der Waals surface area contributed by atoms with Gasteiger partial charge in [-0.1, -0.05) is 36.4 Å². The van der Waals surface area contributed by atoms with E-state index in [0.29, 0.717) is 49.1 Å². The van der Waals surface area contributed by atoms with Gasteiger partial charge in [-0.3, -0.25) is 10.2 Å². The normalized spacial score (nSPS) is 16.7. The Hall–Kier alpha value is -4.48. The van der Waals surface area contributed by atoms with E-state index in [1.807, 2.05) is 61.5 Å². The average Bonchev–Trinajstić information content (AvgIpc) is 3.56. The Morgan fingerprint density at radius 2 is 1.77 bits per heavy atom. The molecule has 1 saturated heterocycles. The molecule has 0 radical (unpaired) electrons. The summed E-state index contributed by atoms with van der Waals surface area (Å²) in [5.74, 6) is -0.494. The number of carbonyl (C=O) groups is 1. The van der Waals surface area contributed by atoms with Crippen LogP contribution < -0.4 is 20.1 Å². The van der Waals surface area contributed by atoms with E-state index >= 15 is 0 Å². The minimum atomic E-state index is -0.916. The van der Waals surface area contributed by atoms with Gasteiger partial charge in [-0.25, -0.2) is 18.3 Å². The molecule has 0 aliphatic carbocycles. The van der Waals surface area contributed by atoms with Gasteiger partial charge < -0.3 is 19.5 Å². The van der Waals surface area contributed by atoms with Gasteiger partial charge >= 0.3 is 6.03 Å². The fourth-order valence-electron chi connectivity index (χ4n) is 5.22. The Labute approximate surface area is 249 Å². The number of nitrogens with zero attached hydrogens (tertiary/aromatic N) is 3. The van der Waals surface area contributed by atoms with E-state index in [0.717, 1.165) is 23.1 Å². The molecule has 1 fully saturated rings. The number of methoxy groups -OCH3 is 2. The van der Waals surface area contributed by atoms with Crippen LogP contribution in [0.1, 0.15) is 22.6 Å². The van der Waals surface area contributed by atoms with Crippen molar-refractivity contribution in [1.29, 1.82) is 0 Å². The van der Waals surface area contributed by atoms with Gasteiger partial charge in [0, 0.05) is 32.7 Å². The van der Waals surface area contributed by atoms with E-state index in [1.54, 1.807) is 25.0 Å². The first kappa shape index (κ1) is 30.0. The van der Waals surface area contributed by atoms with Crippen LogP contribution in [0.2, 0.25) is 0 Å². The number of aromatic nitrogens is 2. The van der Waals surface area contributed by atoms with Crippen molar-refractivity contribution in [3.8, 4) is 17.3 Å². The maximum atomic E-state index is 14.1.